The number of rotatable bonds is 3. The highest BCUT2D eigenvalue weighted by Gasteiger charge is 2.35. The van der Waals surface area contributed by atoms with E-state index in [1.165, 1.54) is 11.0 Å². The Morgan fingerprint density at radius 1 is 1.07 bits per heavy atom. The first-order valence-corrected chi connectivity index (χ1v) is 9.75. The highest BCUT2D eigenvalue weighted by molar-refractivity contribution is 7.80. The Balaban J connectivity index is 1.64. The molecule has 4 rings (SSSR count). The molecule has 1 aromatic heterocycles. The molecule has 0 radical (unpaired) electrons. The number of nitrogens with zero attached hydrogens (tertiary/aromatic N) is 2. The maximum Gasteiger partial charge on any atom is 0.270 e. The molecule has 1 aromatic carbocycles. The Morgan fingerprint density at radius 3 is 2.45 bits per heavy atom. The molecule has 7 nitrogen and oxygen atoms in total. The fraction of sp³-hybridized carbons (Fsp3) is 0.286. The van der Waals surface area contributed by atoms with Crippen LogP contribution >= 0.6 is 12.2 Å². The Hall–Kier alpha value is -2.97. The number of hydrogen-bond donors (Lipinski definition) is 1. The molecule has 0 unspecified atom stereocenters. The van der Waals surface area contributed by atoms with E-state index in [0.29, 0.717) is 30.5 Å². The van der Waals surface area contributed by atoms with Crippen LogP contribution in [0.5, 0.6) is 0 Å². The summed E-state index contributed by atoms with van der Waals surface area (Å²) in [5.41, 5.74) is 2.59. The number of carbonyl (C=O) groups excluding carboxylic acids is 2. The summed E-state index contributed by atoms with van der Waals surface area (Å²) in [6.07, 6.45) is 1.46. The van der Waals surface area contributed by atoms with E-state index in [1.807, 2.05) is 38.1 Å². The van der Waals surface area contributed by atoms with Crippen molar-refractivity contribution >= 4 is 46.8 Å². The van der Waals surface area contributed by atoms with Gasteiger partial charge in [0.25, 0.3) is 11.8 Å². The molecular formula is C21H21N3O4S. The zero-order chi connectivity index (χ0) is 20.5. The highest BCUT2D eigenvalue weighted by Crippen LogP contribution is 2.26. The van der Waals surface area contributed by atoms with Crippen LogP contribution in [0.1, 0.15) is 16.9 Å². The number of amides is 2. The number of morpholine rings is 1. The molecule has 2 aliphatic heterocycles. The third-order valence-electron chi connectivity index (χ3n) is 4.79. The van der Waals surface area contributed by atoms with Crippen molar-refractivity contribution in [3.8, 4) is 0 Å². The lowest BCUT2D eigenvalue weighted by molar-refractivity contribution is -0.122. The van der Waals surface area contributed by atoms with Gasteiger partial charge in [0.1, 0.15) is 11.3 Å². The molecule has 150 valence electrons. The van der Waals surface area contributed by atoms with Crippen molar-refractivity contribution in [1.82, 2.24) is 5.32 Å². The van der Waals surface area contributed by atoms with Gasteiger partial charge in [-0.05, 0) is 61.5 Å². The van der Waals surface area contributed by atoms with E-state index in [2.05, 4.69) is 10.2 Å². The maximum absolute atomic E-state index is 13.1. The van der Waals surface area contributed by atoms with E-state index in [-0.39, 0.29) is 10.7 Å². The van der Waals surface area contributed by atoms with Crippen LogP contribution in [0.4, 0.5) is 11.6 Å². The van der Waals surface area contributed by atoms with Gasteiger partial charge in [-0.15, -0.1) is 0 Å². The smallest absolute Gasteiger partial charge is 0.270 e. The quantitative estimate of drug-likeness (QED) is 0.475. The van der Waals surface area contributed by atoms with Crippen LogP contribution in [-0.2, 0) is 14.3 Å². The number of anilines is 2. The van der Waals surface area contributed by atoms with Crippen LogP contribution in [0.25, 0.3) is 6.08 Å². The van der Waals surface area contributed by atoms with Crippen molar-refractivity contribution in [2.24, 2.45) is 0 Å². The third-order valence-corrected chi connectivity index (χ3v) is 5.07. The number of nitrogens with one attached hydrogen (secondary N) is 1. The Morgan fingerprint density at radius 2 is 1.76 bits per heavy atom. The van der Waals surface area contributed by atoms with Crippen molar-refractivity contribution in [3.63, 3.8) is 0 Å². The van der Waals surface area contributed by atoms with Gasteiger partial charge in [-0.3, -0.25) is 19.8 Å². The van der Waals surface area contributed by atoms with Crippen LogP contribution < -0.4 is 15.1 Å². The van der Waals surface area contributed by atoms with E-state index in [4.69, 9.17) is 21.4 Å². The third kappa shape index (κ3) is 3.94. The standard InChI is InChI=1S/C21H21N3O4S/c1-13-9-14(2)11-15(10-13)24-20(26)17(19(25)22-21(24)29)12-16-3-4-18(28-16)23-5-7-27-8-6-23/h3-4,9-12H,5-8H2,1-2H3,(H,22,25,29)/b17-12+. The minimum atomic E-state index is -0.537. The van der Waals surface area contributed by atoms with E-state index in [1.54, 1.807) is 6.07 Å². The first-order valence-electron chi connectivity index (χ1n) is 9.34. The second-order valence-corrected chi connectivity index (χ2v) is 7.47. The van der Waals surface area contributed by atoms with Crippen molar-refractivity contribution < 1.29 is 18.7 Å². The molecule has 0 aliphatic carbocycles. The number of hydrogen-bond acceptors (Lipinski definition) is 6. The van der Waals surface area contributed by atoms with Gasteiger partial charge < -0.3 is 14.1 Å². The van der Waals surface area contributed by atoms with Gasteiger partial charge in [0.2, 0.25) is 0 Å². The van der Waals surface area contributed by atoms with Gasteiger partial charge in [-0.25, -0.2) is 0 Å². The zero-order valence-electron chi connectivity index (χ0n) is 16.2. The first kappa shape index (κ1) is 19.4. The lowest BCUT2D eigenvalue weighted by Gasteiger charge is -2.29. The minimum absolute atomic E-state index is 0.0272. The van der Waals surface area contributed by atoms with E-state index >= 15 is 0 Å². The molecule has 8 heteroatoms. The number of benzene rings is 1. The molecule has 3 heterocycles. The average molecular weight is 411 g/mol. The van der Waals surface area contributed by atoms with Crippen LogP contribution in [-0.4, -0.2) is 43.2 Å². The number of carbonyl (C=O) groups is 2. The van der Waals surface area contributed by atoms with E-state index in [0.717, 1.165) is 24.2 Å². The second-order valence-electron chi connectivity index (χ2n) is 7.08. The van der Waals surface area contributed by atoms with Crippen LogP contribution in [0, 0.1) is 13.8 Å². The lowest BCUT2D eigenvalue weighted by atomic mass is 10.1. The second kappa shape index (κ2) is 7.81. The lowest BCUT2D eigenvalue weighted by Crippen LogP contribution is -2.54. The van der Waals surface area contributed by atoms with Gasteiger partial charge in [0.15, 0.2) is 11.0 Å². The minimum Gasteiger partial charge on any atom is -0.441 e. The van der Waals surface area contributed by atoms with Gasteiger partial charge in [-0.1, -0.05) is 6.07 Å². The Labute approximate surface area is 173 Å². The largest absolute Gasteiger partial charge is 0.441 e. The fourth-order valence-corrected chi connectivity index (χ4v) is 3.77. The molecular weight excluding hydrogens is 390 g/mol. The molecule has 0 bridgehead atoms. The summed E-state index contributed by atoms with van der Waals surface area (Å²) in [5.74, 6) is 0.0988. The first-order chi connectivity index (χ1) is 13.9. The molecule has 2 aliphatic rings. The molecule has 2 fully saturated rings. The van der Waals surface area contributed by atoms with Gasteiger partial charge in [0.05, 0.1) is 18.9 Å². The number of thiocarbonyl (C=S) groups is 1. The number of aryl methyl sites for hydroxylation is 2. The summed E-state index contributed by atoms with van der Waals surface area (Å²) in [7, 11) is 0. The zero-order valence-corrected chi connectivity index (χ0v) is 17.0. The van der Waals surface area contributed by atoms with E-state index < -0.39 is 11.8 Å². The summed E-state index contributed by atoms with van der Waals surface area (Å²) in [6, 6.07) is 9.29. The SMILES string of the molecule is Cc1cc(C)cc(N2C(=O)/C(=C/c3ccc(N4CCOCC4)o3)C(=O)NC2=S)c1. The van der Waals surface area contributed by atoms with Gasteiger partial charge >= 0.3 is 0 Å². The topological polar surface area (TPSA) is 75.0 Å². The normalized spacial score (nSPS) is 19.1. The predicted molar refractivity (Wildman–Crippen MR) is 114 cm³/mol. The van der Waals surface area contributed by atoms with Crippen molar-refractivity contribution in [1.29, 1.82) is 0 Å². The van der Waals surface area contributed by atoms with Crippen molar-refractivity contribution in [3.05, 3.63) is 52.8 Å². The average Bonchev–Trinajstić information content (AvgIpc) is 3.14. The number of ether oxygens (including phenoxy) is 1. The molecule has 0 atom stereocenters. The molecule has 2 amide bonds. The monoisotopic (exact) mass is 411 g/mol. The number of furan rings is 1. The van der Waals surface area contributed by atoms with E-state index in [9.17, 15) is 9.59 Å². The summed E-state index contributed by atoms with van der Waals surface area (Å²) in [5, 5.41) is 2.66. The predicted octanol–water partition coefficient (Wildman–Crippen LogP) is 2.56. The molecule has 29 heavy (non-hydrogen) atoms. The molecule has 0 saturated carbocycles. The Bertz CT molecular complexity index is 1000. The van der Waals surface area contributed by atoms with Crippen LogP contribution in [0.3, 0.4) is 0 Å². The summed E-state index contributed by atoms with van der Waals surface area (Å²) >= 11 is 5.26. The fourth-order valence-electron chi connectivity index (χ4n) is 3.49. The summed E-state index contributed by atoms with van der Waals surface area (Å²) in [4.78, 5) is 29.0. The maximum atomic E-state index is 13.1. The summed E-state index contributed by atoms with van der Waals surface area (Å²) in [6.45, 7) is 6.63. The highest BCUT2D eigenvalue weighted by atomic mass is 32.1. The molecule has 2 saturated heterocycles. The summed E-state index contributed by atoms with van der Waals surface area (Å²) < 4.78 is 11.2. The Kier molecular flexibility index (Phi) is 5.21. The molecule has 2 aromatic rings. The van der Waals surface area contributed by atoms with Crippen molar-refractivity contribution in [2.45, 2.75) is 13.8 Å². The van der Waals surface area contributed by atoms with Crippen molar-refractivity contribution in [2.75, 3.05) is 36.1 Å². The van der Waals surface area contributed by atoms with Crippen LogP contribution in [0.2, 0.25) is 0 Å². The van der Waals surface area contributed by atoms with Gasteiger partial charge in [-0.2, -0.15) is 0 Å². The van der Waals surface area contributed by atoms with Crippen LogP contribution in [0.15, 0.2) is 40.3 Å². The molecule has 1 N–H and O–H groups in total. The molecule has 0 spiro atoms. The van der Waals surface area contributed by atoms with Gasteiger partial charge in [0, 0.05) is 19.2 Å².